The molecule has 0 N–H and O–H groups in total. The average Bonchev–Trinajstić information content (AvgIpc) is 3.26. The second-order valence-corrected chi connectivity index (χ2v) is 9.63. The number of nitrogens with zero attached hydrogens (tertiary/aromatic N) is 2. The highest BCUT2D eigenvalue weighted by Crippen LogP contribution is 2.24. The molecule has 27 heavy (non-hydrogen) atoms. The SMILES string of the molecule is Cc1ccc(-c2nc(C(=O)OCC(=O)N(C)[C@H]3CCS(=O)(=O)C3)cs2)cc1. The topological polar surface area (TPSA) is 93.6 Å². The zero-order valence-electron chi connectivity index (χ0n) is 15.0. The Kier molecular flexibility index (Phi) is 5.61. The standard InChI is InChI=1S/C18H20N2O5S2/c1-12-3-5-13(6-4-12)17-19-15(10-26-17)18(22)25-9-16(21)20(2)14-7-8-27(23,24)11-14/h3-6,10,14H,7-9,11H2,1-2H3/t14-/m0/s1. The number of thiazole rings is 1. The summed E-state index contributed by atoms with van der Waals surface area (Å²) in [4.78, 5) is 29.9. The molecule has 1 fully saturated rings. The molecule has 0 unspecified atom stereocenters. The third-order valence-corrected chi connectivity index (χ3v) is 7.13. The van der Waals surface area contributed by atoms with E-state index in [9.17, 15) is 18.0 Å². The van der Waals surface area contributed by atoms with E-state index in [1.54, 1.807) is 5.38 Å². The van der Waals surface area contributed by atoms with Crippen LogP contribution >= 0.6 is 11.3 Å². The molecule has 2 heterocycles. The Bertz CT molecular complexity index is 950. The number of hydrogen-bond donors (Lipinski definition) is 0. The van der Waals surface area contributed by atoms with Gasteiger partial charge in [0.25, 0.3) is 5.91 Å². The molecule has 1 aromatic heterocycles. The number of carbonyl (C=O) groups is 2. The van der Waals surface area contributed by atoms with Gasteiger partial charge in [0.2, 0.25) is 0 Å². The van der Waals surface area contributed by atoms with Crippen molar-refractivity contribution in [2.45, 2.75) is 19.4 Å². The van der Waals surface area contributed by atoms with Crippen LogP contribution in [0.1, 0.15) is 22.5 Å². The molecule has 1 atom stereocenters. The van der Waals surface area contributed by atoms with Gasteiger partial charge in [-0.15, -0.1) is 11.3 Å². The monoisotopic (exact) mass is 408 g/mol. The minimum atomic E-state index is -3.08. The highest BCUT2D eigenvalue weighted by atomic mass is 32.2. The molecule has 0 radical (unpaired) electrons. The number of rotatable bonds is 5. The number of aryl methyl sites for hydroxylation is 1. The Morgan fingerprint density at radius 3 is 2.63 bits per heavy atom. The quantitative estimate of drug-likeness (QED) is 0.702. The van der Waals surface area contributed by atoms with E-state index >= 15 is 0 Å². The molecule has 0 saturated carbocycles. The lowest BCUT2D eigenvalue weighted by molar-refractivity contribution is -0.134. The number of likely N-dealkylation sites (N-methyl/N-ethyl adjacent to an activating group) is 1. The molecule has 1 aromatic carbocycles. The van der Waals surface area contributed by atoms with Gasteiger partial charge in [-0.2, -0.15) is 0 Å². The van der Waals surface area contributed by atoms with Gasteiger partial charge in [0.05, 0.1) is 11.5 Å². The molecule has 1 amide bonds. The molecule has 1 aliphatic heterocycles. The van der Waals surface area contributed by atoms with Gasteiger partial charge in [-0.3, -0.25) is 4.79 Å². The maximum Gasteiger partial charge on any atom is 0.358 e. The summed E-state index contributed by atoms with van der Waals surface area (Å²) >= 11 is 1.32. The van der Waals surface area contributed by atoms with Gasteiger partial charge in [-0.05, 0) is 13.3 Å². The Labute approximate surface area is 161 Å². The highest BCUT2D eigenvalue weighted by molar-refractivity contribution is 7.91. The number of carbonyl (C=O) groups excluding carboxylic acids is 2. The van der Waals surface area contributed by atoms with Crippen molar-refractivity contribution in [2.24, 2.45) is 0 Å². The zero-order chi connectivity index (χ0) is 19.6. The Morgan fingerprint density at radius 2 is 2.00 bits per heavy atom. The van der Waals surface area contributed by atoms with Gasteiger partial charge in [-0.25, -0.2) is 18.2 Å². The lowest BCUT2D eigenvalue weighted by Gasteiger charge is -2.22. The smallest absolute Gasteiger partial charge is 0.358 e. The van der Waals surface area contributed by atoms with E-state index in [0.29, 0.717) is 11.4 Å². The van der Waals surface area contributed by atoms with E-state index in [4.69, 9.17) is 4.74 Å². The van der Waals surface area contributed by atoms with Crippen LogP contribution in [0.2, 0.25) is 0 Å². The Morgan fingerprint density at radius 1 is 1.30 bits per heavy atom. The fourth-order valence-corrected chi connectivity index (χ4v) is 5.35. The van der Waals surface area contributed by atoms with Gasteiger partial charge in [0, 0.05) is 24.0 Å². The molecular weight excluding hydrogens is 388 g/mol. The van der Waals surface area contributed by atoms with Crippen LogP contribution in [-0.4, -0.2) is 61.4 Å². The zero-order valence-corrected chi connectivity index (χ0v) is 16.7. The first-order valence-corrected chi connectivity index (χ1v) is 11.1. The molecule has 144 valence electrons. The van der Waals surface area contributed by atoms with E-state index in [0.717, 1.165) is 11.1 Å². The molecule has 1 saturated heterocycles. The first-order chi connectivity index (χ1) is 12.7. The number of aromatic nitrogens is 1. The number of benzene rings is 1. The minimum absolute atomic E-state index is 0.0464. The largest absolute Gasteiger partial charge is 0.451 e. The molecule has 0 aliphatic carbocycles. The predicted molar refractivity (Wildman–Crippen MR) is 102 cm³/mol. The summed E-state index contributed by atoms with van der Waals surface area (Å²) in [6, 6.07) is 7.42. The fourth-order valence-electron chi connectivity index (χ4n) is 2.78. The van der Waals surface area contributed by atoms with Crippen LogP contribution in [0.5, 0.6) is 0 Å². The van der Waals surface area contributed by atoms with Gasteiger partial charge in [0.15, 0.2) is 22.1 Å². The van der Waals surface area contributed by atoms with Crippen LogP contribution in [-0.2, 0) is 19.4 Å². The molecule has 0 spiro atoms. The molecule has 2 aromatic rings. The van der Waals surface area contributed by atoms with Crippen LogP contribution in [0.25, 0.3) is 10.6 Å². The van der Waals surface area contributed by atoms with Crippen LogP contribution in [0.15, 0.2) is 29.6 Å². The molecular formula is C18H20N2O5S2. The van der Waals surface area contributed by atoms with Gasteiger partial charge in [-0.1, -0.05) is 29.8 Å². The predicted octanol–water partition coefficient (Wildman–Crippen LogP) is 1.92. The Balaban J connectivity index is 1.56. The summed E-state index contributed by atoms with van der Waals surface area (Å²) in [5.41, 5.74) is 2.19. The van der Waals surface area contributed by atoms with Crippen LogP contribution in [0, 0.1) is 6.92 Å². The highest BCUT2D eigenvalue weighted by Gasteiger charge is 2.33. The number of ether oxygens (including phenoxy) is 1. The van der Waals surface area contributed by atoms with Gasteiger partial charge >= 0.3 is 5.97 Å². The van der Waals surface area contributed by atoms with Crippen molar-refractivity contribution >= 4 is 33.1 Å². The van der Waals surface area contributed by atoms with Crippen molar-refractivity contribution < 1.29 is 22.7 Å². The van der Waals surface area contributed by atoms with Crippen molar-refractivity contribution in [3.8, 4) is 10.6 Å². The molecule has 0 bridgehead atoms. The summed E-state index contributed by atoms with van der Waals surface area (Å²) in [5.74, 6) is -1.07. The van der Waals surface area contributed by atoms with Crippen molar-refractivity contribution in [1.29, 1.82) is 0 Å². The minimum Gasteiger partial charge on any atom is -0.451 e. The molecule has 1 aliphatic rings. The van der Waals surface area contributed by atoms with Crippen molar-refractivity contribution in [3.05, 3.63) is 40.9 Å². The molecule has 9 heteroatoms. The van der Waals surface area contributed by atoms with Crippen LogP contribution in [0.3, 0.4) is 0 Å². The third kappa shape index (κ3) is 4.72. The van der Waals surface area contributed by atoms with E-state index < -0.39 is 28.3 Å². The first-order valence-electron chi connectivity index (χ1n) is 8.41. The lowest BCUT2D eigenvalue weighted by Crippen LogP contribution is -2.40. The number of esters is 1. The van der Waals surface area contributed by atoms with Crippen molar-refractivity contribution in [3.63, 3.8) is 0 Å². The normalized spacial score (nSPS) is 18.2. The van der Waals surface area contributed by atoms with Crippen LogP contribution in [0.4, 0.5) is 0 Å². The second-order valence-electron chi connectivity index (χ2n) is 6.54. The second kappa shape index (κ2) is 7.77. The number of amides is 1. The third-order valence-electron chi connectivity index (χ3n) is 4.49. The van der Waals surface area contributed by atoms with Gasteiger partial charge < -0.3 is 9.64 Å². The summed E-state index contributed by atoms with van der Waals surface area (Å²) in [7, 11) is -1.56. The summed E-state index contributed by atoms with van der Waals surface area (Å²) < 4.78 is 28.1. The van der Waals surface area contributed by atoms with E-state index in [1.165, 1.54) is 23.3 Å². The maximum atomic E-state index is 12.2. The van der Waals surface area contributed by atoms with Crippen LogP contribution < -0.4 is 0 Å². The molecule has 3 rings (SSSR count). The lowest BCUT2D eigenvalue weighted by atomic mass is 10.2. The Hall–Kier alpha value is -2.26. The summed E-state index contributed by atoms with van der Waals surface area (Å²) in [5, 5.41) is 2.29. The number of sulfone groups is 1. The maximum absolute atomic E-state index is 12.2. The van der Waals surface area contributed by atoms with E-state index in [2.05, 4.69) is 4.98 Å². The number of hydrogen-bond acceptors (Lipinski definition) is 7. The van der Waals surface area contributed by atoms with E-state index in [-0.39, 0.29) is 23.2 Å². The van der Waals surface area contributed by atoms with Crippen molar-refractivity contribution in [2.75, 3.05) is 25.2 Å². The average molecular weight is 409 g/mol. The van der Waals surface area contributed by atoms with Gasteiger partial charge in [0.1, 0.15) is 5.01 Å². The summed E-state index contributed by atoms with van der Waals surface area (Å²) in [6.45, 7) is 1.55. The van der Waals surface area contributed by atoms with Crippen molar-refractivity contribution in [1.82, 2.24) is 9.88 Å². The molecule has 7 nitrogen and oxygen atoms in total. The fraction of sp³-hybridized carbons (Fsp3) is 0.389. The first kappa shape index (κ1) is 19.5. The summed E-state index contributed by atoms with van der Waals surface area (Å²) in [6.07, 6.45) is 0.407. The van der Waals surface area contributed by atoms with E-state index in [1.807, 2.05) is 31.2 Å².